The van der Waals surface area contributed by atoms with Crippen LogP contribution in [-0.2, 0) is 11.3 Å². The minimum absolute atomic E-state index is 0.146. The fraction of sp³-hybridized carbons (Fsp3) is 0.364. The van der Waals surface area contributed by atoms with Gasteiger partial charge in [-0.3, -0.25) is 4.79 Å². The number of phenolic OH excluding ortho intramolecular Hbond substituents is 1. The zero-order valence-corrected chi connectivity index (χ0v) is 16.1. The van der Waals surface area contributed by atoms with Gasteiger partial charge >= 0.3 is 6.09 Å². The summed E-state index contributed by atoms with van der Waals surface area (Å²) in [4.78, 5) is 26.2. The number of ether oxygens (including phenoxy) is 1. The summed E-state index contributed by atoms with van der Waals surface area (Å²) in [5, 5.41) is 12.5. The van der Waals surface area contributed by atoms with Crippen molar-refractivity contribution in [2.24, 2.45) is 5.92 Å². The molecule has 1 aliphatic heterocycles. The third-order valence-corrected chi connectivity index (χ3v) is 5.09. The van der Waals surface area contributed by atoms with Crippen LogP contribution in [0.25, 0.3) is 0 Å². The van der Waals surface area contributed by atoms with Gasteiger partial charge in [0.2, 0.25) is 0 Å². The van der Waals surface area contributed by atoms with E-state index >= 15 is 0 Å². The fourth-order valence-corrected chi connectivity index (χ4v) is 3.27. The highest BCUT2D eigenvalue weighted by molar-refractivity contribution is 5.94. The van der Waals surface area contributed by atoms with Gasteiger partial charge in [-0.05, 0) is 55.0 Å². The van der Waals surface area contributed by atoms with Crippen molar-refractivity contribution in [3.8, 4) is 5.75 Å². The lowest BCUT2D eigenvalue weighted by atomic mass is 9.97. The molecule has 3 rings (SSSR count). The van der Waals surface area contributed by atoms with Crippen LogP contribution < -0.4 is 5.32 Å². The molecule has 2 aromatic rings. The Hall–Kier alpha value is -3.02. The molecule has 6 nitrogen and oxygen atoms in total. The van der Waals surface area contributed by atoms with Gasteiger partial charge in [0.25, 0.3) is 5.91 Å². The number of nitrogens with one attached hydrogen (secondary N) is 1. The van der Waals surface area contributed by atoms with E-state index in [0.717, 1.165) is 18.4 Å². The SMILES string of the molecule is Cc1cc(C(=O)NCC2CCN(C(=O)OCc3ccccc3)CC2)ccc1O. The number of aryl methyl sites for hydroxylation is 1. The Morgan fingerprint density at radius 3 is 2.54 bits per heavy atom. The molecular formula is C22H26N2O4. The van der Waals surface area contributed by atoms with Gasteiger partial charge in [0.15, 0.2) is 0 Å². The summed E-state index contributed by atoms with van der Waals surface area (Å²) in [6, 6.07) is 14.4. The standard InChI is InChI=1S/C22H26N2O4/c1-16-13-19(7-8-20(16)25)21(26)23-14-17-9-11-24(12-10-17)22(27)28-15-18-5-3-2-4-6-18/h2-8,13,17,25H,9-12,14-15H2,1H3,(H,23,26). The second-order valence-corrected chi connectivity index (χ2v) is 7.18. The first kappa shape index (κ1) is 19.7. The lowest BCUT2D eigenvalue weighted by Crippen LogP contribution is -2.41. The number of rotatable bonds is 5. The Morgan fingerprint density at radius 1 is 1.14 bits per heavy atom. The van der Waals surface area contributed by atoms with E-state index in [1.807, 2.05) is 30.3 Å². The molecule has 0 bridgehead atoms. The molecule has 0 atom stereocenters. The van der Waals surface area contributed by atoms with Crippen molar-refractivity contribution in [3.63, 3.8) is 0 Å². The van der Waals surface area contributed by atoms with E-state index in [2.05, 4.69) is 5.32 Å². The van der Waals surface area contributed by atoms with Crippen LogP contribution in [0, 0.1) is 12.8 Å². The number of hydrogen-bond donors (Lipinski definition) is 2. The summed E-state index contributed by atoms with van der Waals surface area (Å²) >= 11 is 0. The van der Waals surface area contributed by atoms with Gasteiger partial charge in [-0.1, -0.05) is 30.3 Å². The molecule has 1 heterocycles. The molecule has 0 unspecified atom stereocenters. The highest BCUT2D eigenvalue weighted by atomic mass is 16.6. The molecule has 1 aliphatic rings. The number of piperidine rings is 1. The number of carbonyl (C=O) groups is 2. The summed E-state index contributed by atoms with van der Waals surface area (Å²) in [5.41, 5.74) is 2.19. The molecule has 28 heavy (non-hydrogen) atoms. The molecule has 0 aliphatic carbocycles. The van der Waals surface area contributed by atoms with Crippen molar-refractivity contribution in [1.29, 1.82) is 0 Å². The predicted molar refractivity (Wildman–Crippen MR) is 106 cm³/mol. The van der Waals surface area contributed by atoms with E-state index in [-0.39, 0.29) is 24.4 Å². The number of likely N-dealkylation sites (tertiary alicyclic amines) is 1. The van der Waals surface area contributed by atoms with Gasteiger partial charge in [0, 0.05) is 25.2 Å². The monoisotopic (exact) mass is 382 g/mol. The van der Waals surface area contributed by atoms with E-state index in [1.165, 1.54) is 6.07 Å². The molecular weight excluding hydrogens is 356 g/mol. The fourth-order valence-electron chi connectivity index (χ4n) is 3.27. The number of benzene rings is 2. The van der Waals surface area contributed by atoms with Crippen LogP contribution in [-0.4, -0.2) is 41.6 Å². The summed E-state index contributed by atoms with van der Waals surface area (Å²) in [6.07, 6.45) is 1.37. The normalized spacial score (nSPS) is 14.5. The summed E-state index contributed by atoms with van der Waals surface area (Å²) in [6.45, 7) is 3.88. The minimum atomic E-state index is -0.286. The van der Waals surface area contributed by atoms with E-state index < -0.39 is 0 Å². The molecule has 1 fully saturated rings. The molecule has 2 N–H and O–H groups in total. The van der Waals surface area contributed by atoms with Crippen molar-refractivity contribution in [1.82, 2.24) is 10.2 Å². The Morgan fingerprint density at radius 2 is 1.86 bits per heavy atom. The van der Waals surface area contributed by atoms with Gasteiger partial charge in [-0.2, -0.15) is 0 Å². The number of carbonyl (C=O) groups excluding carboxylic acids is 2. The van der Waals surface area contributed by atoms with Gasteiger partial charge in [0.05, 0.1) is 0 Å². The molecule has 0 spiro atoms. The Labute approximate surface area is 165 Å². The highest BCUT2D eigenvalue weighted by Gasteiger charge is 2.24. The molecule has 2 amide bonds. The maximum atomic E-state index is 12.3. The van der Waals surface area contributed by atoms with Crippen LogP contribution in [0.3, 0.4) is 0 Å². The third-order valence-electron chi connectivity index (χ3n) is 5.09. The van der Waals surface area contributed by atoms with Crippen molar-refractivity contribution in [3.05, 3.63) is 65.2 Å². The third kappa shape index (κ3) is 5.25. The average Bonchev–Trinajstić information content (AvgIpc) is 2.73. The average molecular weight is 382 g/mol. The number of aromatic hydroxyl groups is 1. The largest absolute Gasteiger partial charge is 0.508 e. The zero-order valence-electron chi connectivity index (χ0n) is 16.1. The van der Waals surface area contributed by atoms with Crippen molar-refractivity contribution >= 4 is 12.0 Å². The Balaban J connectivity index is 1.39. The molecule has 2 aromatic carbocycles. The maximum Gasteiger partial charge on any atom is 0.410 e. The maximum absolute atomic E-state index is 12.3. The summed E-state index contributed by atoms with van der Waals surface area (Å²) in [7, 11) is 0. The molecule has 0 radical (unpaired) electrons. The Bertz CT molecular complexity index is 815. The molecule has 6 heteroatoms. The number of phenols is 1. The topological polar surface area (TPSA) is 78.9 Å². The van der Waals surface area contributed by atoms with E-state index in [9.17, 15) is 14.7 Å². The highest BCUT2D eigenvalue weighted by Crippen LogP contribution is 2.19. The van der Waals surface area contributed by atoms with Crippen LogP contribution >= 0.6 is 0 Å². The van der Waals surface area contributed by atoms with Gasteiger partial charge in [0.1, 0.15) is 12.4 Å². The molecule has 0 saturated carbocycles. The van der Waals surface area contributed by atoms with Gasteiger partial charge in [-0.25, -0.2) is 4.79 Å². The first-order valence-electron chi connectivity index (χ1n) is 9.56. The number of amides is 2. The quantitative estimate of drug-likeness (QED) is 0.830. The molecule has 148 valence electrons. The van der Waals surface area contributed by atoms with E-state index in [0.29, 0.717) is 36.7 Å². The Kier molecular flexibility index (Phi) is 6.53. The van der Waals surface area contributed by atoms with Crippen molar-refractivity contribution < 1.29 is 19.4 Å². The minimum Gasteiger partial charge on any atom is -0.508 e. The lowest BCUT2D eigenvalue weighted by molar-refractivity contribution is 0.0800. The summed E-state index contributed by atoms with van der Waals surface area (Å²) < 4.78 is 5.38. The molecule has 1 saturated heterocycles. The molecule has 0 aromatic heterocycles. The van der Waals surface area contributed by atoms with Crippen LogP contribution in [0.4, 0.5) is 4.79 Å². The predicted octanol–water partition coefficient (Wildman–Crippen LogP) is 3.48. The lowest BCUT2D eigenvalue weighted by Gasteiger charge is -2.31. The van der Waals surface area contributed by atoms with Crippen LogP contribution in [0.1, 0.15) is 34.3 Å². The first-order valence-corrected chi connectivity index (χ1v) is 9.56. The number of nitrogens with zero attached hydrogens (tertiary/aromatic N) is 1. The second kappa shape index (κ2) is 9.26. The van der Waals surface area contributed by atoms with E-state index in [1.54, 1.807) is 24.0 Å². The van der Waals surface area contributed by atoms with Crippen LogP contribution in [0.5, 0.6) is 5.75 Å². The smallest absolute Gasteiger partial charge is 0.410 e. The van der Waals surface area contributed by atoms with Gasteiger partial charge in [-0.15, -0.1) is 0 Å². The second-order valence-electron chi connectivity index (χ2n) is 7.18. The zero-order chi connectivity index (χ0) is 19.9. The van der Waals surface area contributed by atoms with E-state index in [4.69, 9.17) is 4.74 Å². The first-order chi connectivity index (χ1) is 13.5. The van der Waals surface area contributed by atoms with Crippen LogP contribution in [0.15, 0.2) is 48.5 Å². The summed E-state index contributed by atoms with van der Waals surface area (Å²) in [5.74, 6) is 0.371. The van der Waals surface area contributed by atoms with Crippen LogP contribution in [0.2, 0.25) is 0 Å². The van der Waals surface area contributed by atoms with Gasteiger partial charge < -0.3 is 20.1 Å². The van der Waals surface area contributed by atoms with Crippen molar-refractivity contribution in [2.75, 3.05) is 19.6 Å². The number of hydrogen-bond acceptors (Lipinski definition) is 4. The van der Waals surface area contributed by atoms with Crippen molar-refractivity contribution in [2.45, 2.75) is 26.4 Å².